The Hall–Kier alpha value is -2.10. The van der Waals surface area contributed by atoms with Gasteiger partial charge in [0.05, 0.1) is 39.7 Å². The average Bonchev–Trinajstić information content (AvgIpc) is 2.37. The number of hydrogen-bond acceptors (Lipinski definition) is 7. The summed E-state index contributed by atoms with van der Waals surface area (Å²) in [4.78, 5) is 34.2. The maximum atomic E-state index is 11.7. The van der Waals surface area contributed by atoms with Crippen molar-refractivity contribution >= 4 is 17.9 Å². The Morgan fingerprint density at radius 2 is 1.56 bits per heavy atom. The Bertz CT molecular complexity index is 352. The second kappa shape index (κ2) is 7.27. The van der Waals surface area contributed by atoms with E-state index in [9.17, 15) is 14.4 Å². The van der Waals surface area contributed by atoms with Crippen molar-refractivity contribution < 1.29 is 28.6 Å². The predicted octanol–water partition coefficient (Wildman–Crippen LogP) is 0.186. The number of ether oxygens (including phenoxy) is 3. The number of nitrogens with zero attached hydrogens (tertiary/aromatic N) is 1. The van der Waals surface area contributed by atoms with Gasteiger partial charge in [0, 0.05) is 0 Å². The van der Waals surface area contributed by atoms with Gasteiger partial charge in [-0.1, -0.05) is 0 Å². The smallest absolute Gasteiger partial charge is 0.327 e. The molecule has 0 amide bonds. The fraction of sp³-hybridized carbons (Fsp3) is 0.636. The number of methoxy groups -OCH3 is 2. The summed E-state index contributed by atoms with van der Waals surface area (Å²) < 4.78 is 13.5. The summed E-state index contributed by atoms with van der Waals surface area (Å²) in [6, 6.07) is 1.65. The van der Waals surface area contributed by atoms with E-state index >= 15 is 0 Å². The van der Waals surface area contributed by atoms with Gasteiger partial charge in [-0.15, -0.1) is 0 Å². The zero-order valence-electron chi connectivity index (χ0n) is 10.5. The number of carbonyl (C=O) groups is 3. The largest absolute Gasteiger partial charge is 0.469 e. The van der Waals surface area contributed by atoms with E-state index in [1.54, 1.807) is 13.0 Å². The van der Waals surface area contributed by atoms with E-state index in [4.69, 9.17) is 10.00 Å². The fourth-order valence-electron chi connectivity index (χ4n) is 1.24. The molecule has 0 saturated carbocycles. The molecule has 0 aliphatic carbocycles. The van der Waals surface area contributed by atoms with Gasteiger partial charge in [-0.05, 0) is 6.92 Å². The molecule has 18 heavy (non-hydrogen) atoms. The van der Waals surface area contributed by atoms with Gasteiger partial charge in [-0.3, -0.25) is 14.4 Å². The normalized spacial score (nSPS) is 10.1. The van der Waals surface area contributed by atoms with Gasteiger partial charge in [0.25, 0.3) is 0 Å². The lowest BCUT2D eigenvalue weighted by molar-refractivity contribution is -0.162. The van der Waals surface area contributed by atoms with Crippen LogP contribution in [0.1, 0.15) is 19.8 Å². The number of rotatable bonds is 6. The van der Waals surface area contributed by atoms with Crippen molar-refractivity contribution in [3.05, 3.63) is 0 Å². The number of hydrogen-bond donors (Lipinski definition) is 0. The molecule has 0 spiro atoms. The van der Waals surface area contributed by atoms with Crippen molar-refractivity contribution in [2.75, 3.05) is 20.8 Å². The maximum absolute atomic E-state index is 11.7. The van der Waals surface area contributed by atoms with E-state index in [2.05, 4.69) is 9.47 Å². The predicted molar refractivity (Wildman–Crippen MR) is 57.9 cm³/mol. The molecular weight excluding hydrogens is 242 g/mol. The van der Waals surface area contributed by atoms with Gasteiger partial charge in [-0.25, -0.2) is 0 Å². The highest BCUT2D eigenvalue weighted by molar-refractivity contribution is 5.90. The van der Waals surface area contributed by atoms with Crippen LogP contribution in [0.2, 0.25) is 0 Å². The molecule has 0 aliphatic rings. The third-order valence-electron chi connectivity index (χ3n) is 2.23. The molecule has 7 heteroatoms. The monoisotopic (exact) mass is 257 g/mol. The minimum atomic E-state index is -1.91. The molecule has 0 fully saturated rings. The number of nitriles is 1. The van der Waals surface area contributed by atoms with Crippen molar-refractivity contribution in [1.82, 2.24) is 0 Å². The second-order valence-electron chi connectivity index (χ2n) is 3.42. The zero-order chi connectivity index (χ0) is 14.2. The summed E-state index contributed by atoms with van der Waals surface area (Å²) in [5.41, 5.74) is -1.91. The molecule has 7 nitrogen and oxygen atoms in total. The second-order valence-corrected chi connectivity index (χ2v) is 3.42. The van der Waals surface area contributed by atoms with E-state index in [0.717, 1.165) is 14.2 Å². The Labute approximate surface area is 105 Å². The van der Waals surface area contributed by atoms with Crippen LogP contribution in [0.5, 0.6) is 0 Å². The molecule has 0 aromatic heterocycles. The van der Waals surface area contributed by atoms with Crippen LogP contribution in [0.15, 0.2) is 0 Å². The Morgan fingerprint density at radius 3 is 1.83 bits per heavy atom. The lowest BCUT2D eigenvalue weighted by atomic mass is 9.82. The van der Waals surface area contributed by atoms with Gasteiger partial charge in [0.15, 0.2) is 5.41 Å². The molecular formula is C11H15NO6. The first kappa shape index (κ1) is 15.9. The van der Waals surface area contributed by atoms with Gasteiger partial charge >= 0.3 is 17.9 Å². The third-order valence-corrected chi connectivity index (χ3v) is 2.23. The Morgan fingerprint density at radius 1 is 1.11 bits per heavy atom. The van der Waals surface area contributed by atoms with Crippen molar-refractivity contribution in [3.63, 3.8) is 0 Å². The minimum Gasteiger partial charge on any atom is -0.469 e. The fourth-order valence-corrected chi connectivity index (χ4v) is 1.24. The molecule has 0 bridgehead atoms. The van der Waals surface area contributed by atoms with Gasteiger partial charge in [-0.2, -0.15) is 5.26 Å². The third kappa shape index (κ3) is 4.05. The molecule has 0 saturated heterocycles. The molecule has 0 radical (unpaired) electrons. The highest BCUT2D eigenvalue weighted by atomic mass is 16.5. The molecule has 0 N–H and O–H groups in total. The summed E-state index contributed by atoms with van der Waals surface area (Å²) in [5, 5.41) is 9.10. The first-order chi connectivity index (χ1) is 8.45. The molecule has 0 aromatic rings. The Balaban J connectivity index is 5.20. The minimum absolute atomic E-state index is 0.0323. The summed E-state index contributed by atoms with van der Waals surface area (Å²) in [7, 11) is 2.24. The highest BCUT2D eigenvalue weighted by Gasteiger charge is 2.45. The van der Waals surface area contributed by atoms with Crippen molar-refractivity contribution in [2.24, 2.45) is 5.41 Å². The van der Waals surface area contributed by atoms with Crippen LogP contribution < -0.4 is 0 Å². The SMILES string of the molecule is CCOC(=O)C(C#N)(CC(=O)OC)CC(=O)OC. The first-order valence-corrected chi connectivity index (χ1v) is 5.17. The van der Waals surface area contributed by atoms with Crippen LogP contribution in [0.4, 0.5) is 0 Å². The highest BCUT2D eigenvalue weighted by Crippen LogP contribution is 2.29. The maximum Gasteiger partial charge on any atom is 0.327 e. The molecule has 0 unspecified atom stereocenters. The molecule has 0 aromatic carbocycles. The van der Waals surface area contributed by atoms with Crippen LogP contribution in [0.25, 0.3) is 0 Å². The van der Waals surface area contributed by atoms with Crippen molar-refractivity contribution in [3.8, 4) is 6.07 Å². The molecule has 0 rings (SSSR count). The van der Waals surface area contributed by atoms with Crippen LogP contribution in [0, 0.1) is 16.7 Å². The zero-order valence-corrected chi connectivity index (χ0v) is 10.5. The van der Waals surface area contributed by atoms with E-state index in [1.807, 2.05) is 0 Å². The van der Waals surface area contributed by atoms with Gasteiger partial charge in [0.1, 0.15) is 0 Å². The van der Waals surface area contributed by atoms with E-state index in [1.165, 1.54) is 0 Å². The van der Waals surface area contributed by atoms with Crippen molar-refractivity contribution in [1.29, 1.82) is 5.26 Å². The standard InChI is InChI=1S/C11H15NO6/c1-4-18-10(15)11(7-12,5-8(13)16-2)6-9(14)17-3/h4-6H2,1-3H3. The quantitative estimate of drug-likeness (QED) is 0.494. The van der Waals surface area contributed by atoms with Gasteiger partial charge < -0.3 is 14.2 Å². The lowest BCUT2D eigenvalue weighted by Crippen LogP contribution is -2.37. The van der Waals surface area contributed by atoms with E-state index < -0.39 is 36.2 Å². The van der Waals surface area contributed by atoms with Crippen molar-refractivity contribution in [2.45, 2.75) is 19.8 Å². The molecule has 0 aliphatic heterocycles. The summed E-state index contributed by atoms with van der Waals surface area (Å²) in [5.74, 6) is -2.51. The topological polar surface area (TPSA) is 103 Å². The van der Waals surface area contributed by atoms with Crippen LogP contribution >= 0.6 is 0 Å². The van der Waals surface area contributed by atoms with E-state index in [0.29, 0.717) is 0 Å². The summed E-state index contributed by atoms with van der Waals surface area (Å²) in [6.45, 7) is 1.58. The van der Waals surface area contributed by atoms with Crippen LogP contribution in [-0.2, 0) is 28.6 Å². The van der Waals surface area contributed by atoms with Gasteiger partial charge in [0.2, 0.25) is 0 Å². The van der Waals surface area contributed by atoms with Crippen LogP contribution in [0.3, 0.4) is 0 Å². The Kier molecular flexibility index (Phi) is 6.42. The number of esters is 3. The lowest BCUT2D eigenvalue weighted by Gasteiger charge is -2.21. The summed E-state index contributed by atoms with van der Waals surface area (Å²) in [6.07, 6.45) is -1.12. The average molecular weight is 257 g/mol. The van der Waals surface area contributed by atoms with Crippen LogP contribution in [-0.4, -0.2) is 38.7 Å². The van der Waals surface area contributed by atoms with E-state index in [-0.39, 0.29) is 6.61 Å². The first-order valence-electron chi connectivity index (χ1n) is 5.17. The number of carbonyl (C=O) groups excluding carboxylic acids is 3. The molecule has 0 heterocycles. The molecule has 0 atom stereocenters. The summed E-state index contributed by atoms with van der Waals surface area (Å²) >= 11 is 0. The molecule has 100 valence electrons.